The minimum atomic E-state index is 0.116. The Labute approximate surface area is 111 Å². The molecule has 1 aromatic carbocycles. The second kappa shape index (κ2) is 7.62. The number of halogens is 1. The molecular formula is C14H14ClNO2. The number of benzene rings is 1. The van der Waals surface area contributed by atoms with Crippen LogP contribution in [0, 0.1) is 17.2 Å². The number of rotatable bonds is 3. The fourth-order valence-corrected chi connectivity index (χ4v) is 1.73. The van der Waals surface area contributed by atoms with Crippen molar-refractivity contribution < 1.29 is 9.59 Å². The van der Waals surface area contributed by atoms with Crippen LogP contribution >= 0.6 is 11.6 Å². The molecule has 1 aliphatic carbocycles. The first-order valence-corrected chi connectivity index (χ1v) is 6.15. The van der Waals surface area contributed by atoms with E-state index < -0.39 is 0 Å². The molecule has 1 saturated carbocycles. The highest BCUT2D eigenvalue weighted by Gasteiger charge is 2.24. The van der Waals surface area contributed by atoms with Gasteiger partial charge in [-0.15, -0.1) is 0 Å². The summed E-state index contributed by atoms with van der Waals surface area (Å²) in [6, 6.07) is 8.67. The summed E-state index contributed by atoms with van der Waals surface area (Å²) in [5, 5.41) is 8.73. The van der Waals surface area contributed by atoms with Crippen LogP contribution in [-0.4, -0.2) is 12.1 Å². The van der Waals surface area contributed by atoms with Crippen molar-refractivity contribution in [2.75, 3.05) is 0 Å². The third-order valence-corrected chi connectivity index (χ3v) is 3.03. The molecule has 0 radical (unpaired) electrons. The Morgan fingerprint density at radius 1 is 1.50 bits per heavy atom. The minimum Gasteiger partial charge on any atom is -0.298 e. The molecule has 0 atom stereocenters. The van der Waals surface area contributed by atoms with Gasteiger partial charge in [-0.05, 0) is 25.0 Å². The number of carbonyl (C=O) groups excluding carboxylic acids is 2. The summed E-state index contributed by atoms with van der Waals surface area (Å²) in [5.74, 6) is 0.383. The van der Waals surface area contributed by atoms with E-state index in [-0.39, 0.29) is 18.1 Å². The minimum absolute atomic E-state index is 0.116. The maximum absolute atomic E-state index is 10.8. The normalized spacial score (nSPS) is 13.6. The van der Waals surface area contributed by atoms with Crippen molar-refractivity contribution in [1.82, 2.24) is 0 Å². The van der Waals surface area contributed by atoms with Crippen LogP contribution in [0.25, 0.3) is 0 Å². The second-order valence-corrected chi connectivity index (χ2v) is 4.54. The Hall–Kier alpha value is -1.66. The van der Waals surface area contributed by atoms with E-state index in [2.05, 4.69) is 0 Å². The van der Waals surface area contributed by atoms with E-state index >= 15 is 0 Å². The molecule has 18 heavy (non-hydrogen) atoms. The standard InChI is InChI=1S/C7H5ClO.C7H9NO/c8-7-3-1-2-6(4-7)5-9;8-5-4-7(9)6-2-1-3-6/h1-5H;6H,1-4H2. The molecular weight excluding hydrogens is 250 g/mol. The van der Waals surface area contributed by atoms with Gasteiger partial charge in [0.05, 0.1) is 12.5 Å². The number of nitriles is 1. The van der Waals surface area contributed by atoms with E-state index in [1.165, 1.54) is 6.42 Å². The monoisotopic (exact) mass is 263 g/mol. The van der Waals surface area contributed by atoms with Crippen LogP contribution in [0.15, 0.2) is 24.3 Å². The Balaban J connectivity index is 0.000000180. The molecule has 0 saturated heterocycles. The highest BCUT2D eigenvalue weighted by atomic mass is 35.5. The second-order valence-electron chi connectivity index (χ2n) is 4.10. The summed E-state index contributed by atoms with van der Waals surface area (Å²) >= 11 is 5.56. The molecule has 0 aliphatic heterocycles. The zero-order valence-electron chi connectivity index (χ0n) is 9.93. The Bertz CT molecular complexity index is 461. The lowest BCUT2D eigenvalue weighted by Gasteiger charge is -2.22. The van der Waals surface area contributed by atoms with E-state index in [1.807, 2.05) is 6.07 Å². The number of hydrogen-bond donors (Lipinski definition) is 0. The number of ketones is 1. The van der Waals surface area contributed by atoms with Gasteiger partial charge < -0.3 is 0 Å². The maximum Gasteiger partial charge on any atom is 0.150 e. The summed E-state index contributed by atoms with van der Waals surface area (Å²) in [4.78, 5) is 20.9. The van der Waals surface area contributed by atoms with Gasteiger partial charge in [0.25, 0.3) is 0 Å². The lowest BCUT2D eigenvalue weighted by Crippen LogP contribution is -2.20. The molecule has 0 spiro atoms. The molecule has 3 nitrogen and oxygen atoms in total. The third-order valence-electron chi connectivity index (χ3n) is 2.80. The molecule has 0 N–H and O–H groups in total. The van der Waals surface area contributed by atoms with Gasteiger partial charge in [-0.25, -0.2) is 0 Å². The molecule has 1 aliphatic rings. The molecule has 0 bridgehead atoms. The topological polar surface area (TPSA) is 57.9 Å². The molecule has 0 amide bonds. The largest absolute Gasteiger partial charge is 0.298 e. The van der Waals surface area contributed by atoms with Crippen molar-refractivity contribution in [3.05, 3.63) is 34.9 Å². The average Bonchev–Trinajstić information content (AvgIpc) is 2.28. The first-order chi connectivity index (χ1) is 8.67. The molecule has 1 aromatic rings. The van der Waals surface area contributed by atoms with E-state index in [0.29, 0.717) is 10.6 Å². The van der Waals surface area contributed by atoms with E-state index in [0.717, 1.165) is 19.1 Å². The Morgan fingerprint density at radius 3 is 2.61 bits per heavy atom. The predicted octanol–water partition coefficient (Wildman–Crippen LogP) is 3.42. The van der Waals surface area contributed by atoms with Gasteiger partial charge in [0.1, 0.15) is 12.1 Å². The van der Waals surface area contributed by atoms with E-state index in [4.69, 9.17) is 16.9 Å². The fraction of sp³-hybridized carbons (Fsp3) is 0.357. The number of hydrogen-bond acceptors (Lipinski definition) is 3. The average molecular weight is 264 g/mol. The number of aldehydes is 1. The SMILES string of the molecule is N#CCC(=O)C1CCC1.O=Cc1cccc(Cl)c1. The van der Waals surface area contributed by atoms with Gasteiger partial charge in [-0.3, -0.25) is 9.59 Å². The molecule has 4 heteroatoms. The van der Waals surface area contributed by atoms with E-state index in [1.54, 1.807) is 24.3 Å². The van der Waals surface area contributed by atoms with Crippen molar-refractivity contribution in [2.24, 2.45) is 5.92 Å². The van der Waals surface area contributed by atoms with Gasteiger partial charge in [-0.2, -0.15) is 5.26 Å². The van der Waals surface area contributed by atoms with Crippen molar-refractivity contribution >= 4 is 23.7 Å². The maximum atomic E-state index is 10.8. The van der Waals surface area contributed by atoms with Crippen LogP contribution < -0.4 is 0 Å². The highest BCUT2D eigenvalue weighted by Crippen LogP contribution is 2.27. The van der Waals surface area contributed by atoms with Gasteiger partial charge in [0.15, 0.2) is 0 Å². The van der Waals surface area contributed by atoms with Crippen LogP contribution in [0.3, 0.4) is 0 Å². The van der Waals surface area contributed by atoms with Gasteiger partial charge in [0, 0.05) is 16.5 Å². The Kier molecular flexibility index (Phi) is 6.10. The number of carbonyl (C=O) groups is 2. The van der Waals surface area contributed by atoms with Crippen LogP contribution in [0.1, 0.15) is 36.0 Å². The Morgan fingerprint density at radius 2 is 2.22 bits per heavy atom. The molecule has 1 fully saturated rings. The van der Waals surface area contributed by atoms with Crippen LogP contribution in [0.2, 0.25) is 5.02 Å². The van der Waals surface area contributed by atoms with Crippen molar-refractivity contribution in [3.63, 3.8) is 0 Å². The van der Waals surface area contributed by atoms with Crippen molar-refractivity contribution in [3.8, 4) is 6.07 Å². The number of Topliss-reactive ketones (excluding diaryl/α,β-unsaturated/α-hetero) is 1. The molecule has 2 rings (SSSR count). The van der Waals surface area contributed by atoms with Gasteiger partial charge in [-0.1, -0.05) is 30.2 Å². The molecule has 94 valence electrons. The lowest BCUT2D eigenvalue weighted by atomic mass is 9.81. The van der Waals surface area contributed by atoms with Gasteiger partial charge >= 0.3 is 0 Å². The highest BCUT2D eigenvalue weighted by molar-refractivity contribution is 6.30. The quantitative estimate of drug-likeness (QED) is 0.785. The van der Waals surface area contributed by atoms with E-state index in [9.17, 15) is 9.59 Å². The fourth-order valence-electron chi connectivity index (χ4n) is 1.53. The van der Waals surface area contributed by atoms with Crippen LogP contribution in [0.4, 0.5) is 0 Å². The first kappa shape index (κ1) is 14.4. The molecule has 0 aromatic heterocycles. The summed E-state index contributed by atoms with van der Waals surface area (Å²) in [5.41, 5.74) is 0.613. The summed E-state index contributed by atoms with van der Waals surface area (Å²) in [6.07, 6.45) is 4.08. The molecule has 0 heterocycles. The summed E-state index contributed by atoms with van der Waals surface area (Å²) in [7, 11) is 0. The zero-order chi connectivity index (χ0) is 13.4. The zero-order valence-corrected chi connectivity index (χ0v) is 10.7. The van der Waals surface area contributed by atoms with Crippen LogP contribution in [-0.2, 0) is 4.79 Å². The van der Waals surface area contributed by atoms with Crippen LogP contribution in [0.5, 0.6) is 0 Å². The van der Waals surface area contributed by atoms with Crippen molar-refractivity contribution in [1.29, 1.82) is 5.26 Å². The summed E-state index contributed by atoms with van der Waals surface area (Å²) in [6.45, 7) is 0. The predicted molar refractivity (Wildman–Crippen MR) is 69.4 cm³/mol. The third kappa shape index (κ3) is 4.68. The van der Waals surface area contributed by atoms with Crippen molar-refractivity contribution in [2.45, 2.75) is 25.7 Å². The smallest absolute Gasteiger partial charge is 0.150 e. The summed E-state index contributed by atoms with van der Waals surface area (Å²) < 4.78 is 0. The van der Waals surface area contributed by atoms with Gasteiger partial charge in [0.2, 0.25) is 0 Å². The lowest BCUT2D eigenvalue weighted by molar-refractivity contribution is -0.124. The first-order valence-electron chi connectivity index (χ1n) is 5.77. The molecule has 0 unspecified atom stereocenters. The number of nitrogens with zero attached hydrogens (tertiary/aromatic N) is 1.